The van der Waals surface area contributed by atoms with Gasteiger partial charge >= 0.3 is 10.2 Å². The van der Waals surface area contributed by atoms with E-state index in [2.05, 4.69) is 5.32 Å². The molecule has 0 saturated carbocycles. The molecule has 0 aliphatic rings. The third-order valence-corrected chi connectivity index (χ3v) is 7.24. The van der Waals surface area contributed by atoms with E-state index >= 15 is 0 Å². The molecule has 174 valence electrons. The quantitative estimate of drug-likeness (QED) is 0.572. The fourth-order valence-electron chi connectivity index (χ4n) is 2.94. The van der Waals surface area contributed by atoms with Crippen LogP contribution in [0.4, 0.5) is 5.69 Å². The van der Waals surface area contributed by atoms with E-state index in [4.69, 9.17) is 23.2 Å². The monoisotopic (exact) mass is 500 g/mol. The Morgan fingerprint density at radius 1 is 1.06 bits per heavy atom. The number of nitrogens with one attached hydrogen (secondary N) is 1. The van der Waals surface area contributed by atoms with Crippen LogP contribution in [-0.2, 0) is 26.3 Å². The lowest BCUT2D eigenvalue weighted by molar-refractivity contribution is -0.139. The number of hydrogen-bond acceptors (Lipinski definition) is 4. The third kappa shape index (κ3) is 6.13. The molecular formula is C21H26Cl2N4O4S. The second kappa shape index (κ2) is 11.0. The molecule has 11 heteroatoms. The lowest BCUT2D eigenvalue weighted by Gasteiger charge is -2.32. The molecule has 1 atom stereocenters. The Labute approximate surface area is 198 Å². The molecule has 0 saturated heterocycles. The Hall–Kier alpha value is -2.33. The zero-order valence-electron chi connectivity index (χ0n) is 18.2. The van der Waals surface area contributed by atoms with Gasteiger partial charge in [0.2, 0.25) is 11.8 Å². The fourth-order valence-corrected chi connectivity index (χ4v) is 4.46. The van der Waals surface area contributed by atoms with Crippen LogP contribution in [-0.4, -0.2) is 63.2 Å². The lowest BCUT2D eigenvalue weighted by atomic mass is 10.1. The molecule has 0 aliphatic heterocycles. The van der Waals surface area contributed by atoms with Crippen molar-refractivity contribution < 1.29 is 18.0 Å². The Kier molecular flexibility index (Phi) is 8.91. The molecule has 2 amide bonds. The largest absolute Gasteiger partial charge is 0.357 e. The van der Waals surface area contributed by atoms with Crippen LogP contribution in [0.25, 0.3) is 0 Å². The second-order valence-corrected chi connectivity index (χ2v) is 10.1. The summed E-state index contributed by atoms with van der Waals surface area (Å²) in [7, 11) is 0.244. The minimum atomic E-state index is -3.98. The molecule has 0 bridgehead atoms. The molecule has 1 N–H and O–H groups in total. The maximum absolute atomic E-state index is 13.4. The zero-order chi connectivity index (χ0) is 24.1. The summed E-state index contributed by atoms with van der Waals surface area (Å²) in [6.45, 7) is 1.05. The SMILES string of the molecule is CNC(=O)[C@@H](C)N(Cc1ccc(Cl)cc1Cl)C(=O)CN(c1ccccc1)S(=O)(=O)N(C)C. The molecule has 0 spiro atoms. The molecule has 0 heterocycles. The summed E-state index contributed by atoms with van der Waals surface area (Å²) in [6.07, 6.45) is 0. The van der Waals surface area contributed by atoms with Gasteiger partial charge in [-0.25, -0.2) is 4.31 Å². The number of halogens is 2. The van der Waals surface area contributed by atoms with E-state index in [1.54, 1.807) is 55.5 Å². The lowest BCUT2D eigenvalue weighted by Crippen LogP contribution is -2.52. The number of hydrogen-bond donors (Lipinski definition) is 1. The van der Waals surface area contributed by atoms with Crippen LogP contribution in [0.5, 0.6) is 0 Å². The first-order valence-corrected chi connectivity index (χ1v) is 11.8. The van der Waals surface area contributed by atoms with Crippen LogP contribution in [0.2, 0.25) is 10.0 Å². The van der Waals surface area contributed by atoms with Gasteiger partial charge in [-0.05, 0) is 36.8 Å². The van der Waals surface area contributed by atoms with Gasteiger partial charge in [0.05, 0.1) is 5.69 Å². The van der Waals surface area contributed by atoms with Crippen molar-refractivity contribution in [2.45, 2.75) is 19.5 Å². The highest BCUT2D eigenvalue weighted by Gasteiger charge is 2.32. The van der Waals surface area contributed by atoms with Gasteiger partial charge in [-0.1, -0.05) is 47.5 Å². The van der Waals surface area contributed by atoms with Crippen LogP contribution >= 0.6 is 23.2 Å². The molecule has 2 rings (SSSR count). The molecule has 0 aromatic heterocycles. The van der Waals surface area contributed by atoms with E-state index in [9.17, 15) is 18.0 Å². The summed E-state index contributed by atoms with van der Waals surface area (Å²) in [5.41, 5.74) is 0.897. The number of carbonyl (C=O) groups excluding carboxylic acids is 2. The molecule has 0 aliphatic carbocycles. The van der Waals surface area contributed by atoms with Crippen molar-refractivity contribution in [1.82, 2.24) is 14.5 Å². The number of likely N-dealkylation sites (N-methyl/N-ethyl adjacent to an activating group) is 1. The van der Waals surface area contributed by atoms with E-state index < -0.39 is 34.6 Å². The van der Waals surface area contributed by atoms with Crippen molar-refractivity contribution in [3.05, 3.63) is 64.1 Å². The van der Waals surface area contributed by atoms with Crippen LogP contribution < -0.4 is 9.62 Å². The Morgan fingerprint density at radius 3 is 2.22 bits per heavy atom. The summed E-state index contributed by atoms with van der Waals surface area (Å²) in [6, 6.07) is 12.2. The summed E-state index contributed by atoms with van der Waals surface area (Å²) < 4.78 is 28.0. The van der Waals surface area contributed by atoms with Crippen molar-refractivity contribution in [2.24, 2.45) is 0 Å². The van der Waals surface area contributed by atoms with E-state index in [1.807, 2.05) is 0 Å². The fraction of sp³-hybridized carbons (Fsp3) is 0.333. The van der Waals surface area contributed by atoms with Crippen molar-refractivity contribution in [1.29, 1.82) is 0 Å². The topological polar surface area (TPSA) is 90.0 Å². The second-order valence-electron chi connectivity index (χ2n) is 7.18. The average Bonchev–Trinajstić information content (AvgIpc) is 2.76. The molecular weight excluding hydrogens is 475 g/mol. The van der Waals surface area contributed by atoms with Crippen molar-refractivity contribution in [2.75, 3.05) is 32.0 Å². The summed E-state index contributed by atoms with van der Waals surface area (Å²) >= 11 is 12.2. The van der Waals surface area contributed by atoms with E-state index in [0.29, 0.717) is 21.3 Å². The standard InChI is InChI=1S/C21H26Cl2N4O4S/c1-15(21(29)24-2)26(13-16-10-11-17(22)12-19(16)23)20(28)14-27(32(30,31)25(3)4)18-8-6-5-7-9-18/h5-12,15H,13-14H2,1-4H3,(H,24,29)/t15-/m1/s1. The van der Waals surface area contributed by atoms with Gasteiger partial charge in [-0.3, -0.25) is 9.59 Å². The highest BCUT2D eigenvalue weighted by atomic mass is 35.5. The average molecular weight is 501 g/mol. The predicted octanol–water partition coefficient (Wildman–Crippen LogP) is 2.77. The number of nitrogens with zero attached hydrogens (tertiary/aromatic N) is 3. The molecule has 8 nitrogen and oxygen atoms in total. The summed E-state index contributed by atoms with van der Waals surface area (Å²) in [4.78, 5) is 27.0. The number of carbonyl (C=O) groups is 2. The van der Waals surface area contributed by atoms with Gasteiger partial charge in [-0.15, -0.1) is 0 Å². The number of rotatable bonds is 9. The minimum absolute atomic E-state index is 0.00589. The van der Waals surface area contributed by atoms with E-state index in [1.165, 1.54) is 26.0 Å². The van der Waals surface area contributed by atoms with Crippen LogP contribution in [0, 0.1) is 0 Å². The maximum Gasteiger partial charge on any atom is 0.304 e. The first kappa shape index (κ1) is 25.9. The highest BCUT2D eigenvalue weighted by Crippen LogP contribution is 2.24. The van der Waals surface area contributed by atoms with Crippen molar-refractivity contribution in [3.63, 3.8) is 0 Å². The Balaban J connectivity index is 2.45. The van der Waals surface area contributed by atoms with Crippen LogP contribution in [0.1, 0.15) is 12.5 Å². The third-order valence-electron chi connectivity index (χ3n) is 4.83. The first-order chi connectivity index (χ1) is 15.0. The highest BCUT2D eigenvalue weighted by molar-refractivity contribution is 7.90. The molecule has 2 aromatic rings. The minimum Gasteiger partial charge on any atom is -0.357 e. The number of benzene rings is 2. The molecule has 32 heavy (non-hydrogen) atoms. The van der Waals surface area contributed by atoms with Gasteiger partial charge in [-0.2, -0.15) is 12.7 Å². The molecule has 0 fully saturated rings. The molecule has 2 aromatic carbocycles. The maximum atomic E-state index is 13.4. The number of anilines is 1. The van der Waals surface area contributed by atoms with Gasteiger partial charge in [0.1, 0.15) is 12.6 Å². The van der Waals surface area contributed by atoms with Gasteiger partial charge in [0, 0.05) is 37.7 Å². The van der Waals surface area contributed by atoms with Gasteiger partial charge < -0.3 is 10.2 Å². The first-order valence-electron chi connectivity index (χ1n) is 9.69. The zero-order valence-corrected chi connectivity index (χ0v) is 20.6. The summed E-state index contributed by atoms with van der Waals surface area (Å²) in [5.74, 6) is -0.966. The number of para-hydroxylation sites is 1. The Morgan fingerprint density at radius 2 is 1.69 bits per heavy atom. The van der Waals surface area contributed by atoms with E-state index in [0.717, 1.165) is 8.61 Å². The molecule has 0 radical (unpaired) electrons. The van der Waals surface area contributed by atoms with Crippen LogP contribution in [0.15, 0.2) is 48.5 Å². The van der Waals surface area contributed by atoms with E-state index in [-0.39, 0.29) is 6.54 Å². The van der Waals surface area contributed by atoms with Crippen molar-refractivity contribution in [3.8, 4) is 0 Å². The van der Waals surface area contributed by atoms with Crippen LogP contribution in [0.3, 0.4) is 0 Å². The number of amides is 2. The predicted molar refractivity (Wildman–Crippen MR) is 127 cm³/mol. The van der Waals surface area contributed by atoms with Gasteiger partial charge in [0.25, 0.3) is 0 Å². The summed E-state index contributed by atoms with van der Waals surface area (Å²) in [5, 5.41) is 3.28. The smallest absolute Gasteiger partial charge is 0.304 e. The van der Waals surface area contributed by atoms with Crippen molar-refractivity contribution >= 4 is 50.9 Å². The Bertz CT molecular complexity index is 1060. The normalized spacial score (nSPS) is 12.3. The van der Waals surface area contributed by atoms with Gasteiger partial charge in [0.15, 0.2) is 0 Å². The molecule has 0 unspecified atom stereocenters.